The number of hydrogen-bond acceptors (Lipinski definition) is 3. The number of pyridine rings is 1. The van der Waals surface area contributed by atoms with Gasteiger partial charge in [-0.15, -0.1) is 0 Å². The lowest BCUT2D eigenvalue weighted by molar-refractivity contribution is 0.446. The van der Waals surface area contributed by atoms with Crippen LogP contribution in [0.1, 0.15) is 155 Å². The van der Waals surface area contributed by atoms with Gasteiger partial charge in [0.25, 0.3) is 0 Å². The Morgan fingerprint density at radius 3 is 1.64 bits per heavy atom. The number of imidazole rings is 1. The van der Waals surface area contributed by atoms with Crippen molar-refractivity contribution in [3.63, 3.8) is 0 Å². The van der Waals surface area contributed by atoms with E-state index in [0.29, 0.717) is 29.1 Å². The quantitative estimate of drug-likeness (QED) is 0.149. The topological polar surface area (TPSA) is 50.9 Å². The van der Waals surface area contributed by atoms with Gasteiger partial charge in [-0.3, -0.25) is 9.55 Å². The summed E-state index contributed by atoms with van der Waals surface area (Å²) in [5.74, 6) is 2.01. The fourth-order valence-corrected chi connectivity index (χ4v) is 10.4. The number of rotatable bonds is 10. The van der Waals surface area contributed by atoms with Crippen LogP contribution < -0.4 is 0 Å². The molecular weight excluding hydrogens is 887 g/mol. The van der Waals surface area contributed by atoms with E-state index in [2.05, 4.69) is 260 Å². The molecule has 9 aromatic rings. The molecule has 0 aliphatic rings. The highest BCUT2D eigenvalue weighted by Crippen LogP contribution is 2.47. The van der Waals surface area contributed by atoms with Crippen LogP contribution in [-0.2, 0) is 16.2 Å². The van der Waals surface area contributed by atoms with Crippen molar-refractivity contribution in [2.75, 3.05) is 0 Å². The van der Waals surface area contributed by atoms with Gasteiger partial charge in [-0.05, 0) is 144 Å². The summed E-state index contributed by atoms with van der Waals surface area (Å²) < 4.78 is 2.33. The molecule has 2 heterocycles. The number of phenolic OH excluding ortho intramolecular Hbond substituents is 1. The zero-order valence-electron chi connectivity index (χ0n) is 46.0. The van der Waals surface area contributed by atoms with Crippen molar-refractivity contribution in [2.24, 2.45) is 0 Å². The fraction of sp³-hybridized carbons (Fsp3) is 0.304. The number of nitrogens with zero attached hydrogens (tertiary/aromatic N) is 3. The molecule has 1 N–H and O–H groups in total. The fourth-order valence-electron chi connectivity index (χ4n) is 10.4. The molecule has 9 rings (SSSR count). The maximum Gasteiger partial charge on any atom is 0.149 e. The first-order valence-electron chi connectivity index (χ1n) is 26.4. The van der Waals surface area contributed by atoms with Crippen LogP contribution in [0.15, 0.2) is 158 Å². The second kappa shape index (κ2) is 19.4. The van der Waals surface area contributed by atoms with Crippen LogP contribution in [0.5, 0.6) is 5.75 Å². The highest BCUT2D eigenvalue weighted by Gasteiger charge is 2.30. The van der Waals surface area contributed by atoms with Gasteiger partial charge < -0.3 is 5.11 Å². The highest BCUT2D eigenvalue weighted by atomic mass is 16.3. The molecule has 0 amide bonds. The molecule has 0 unspecified atom stereocenters. The van der Waals surface area contributed by atoms with Crippen LogP contribution in [0, 0.1) is 0 Å². The maximum atomic E-state index is 12.8. The zero-order valence-corrected chi connectivity index (χ0v) is 46.0. The van der Waals surface area contributed by atoms with Gasteiger partial charge in [0.15, 0.2) is 0 Å². The smallest absolute Gasteiger partial charge is 0.149 e. The minimum Gasteiger partial charge on any atom is -0.507 e. The molecule has 73 heavy (non-hydrogen) atoms. The number of phenols is 1. The average molecular weight is 962 g/mol. The summed E-state index contributed by atoms with van der Waals surface area (Å²) in [6, 6.07) is 55.4. The molecule has 0 aliphatic heterocycles. The lowest BCUT2D eigenvalue weighted by Crippen LogP contribution is -2.17. The third kappa shape index (κ3) is 10.1. The molecule has 0 fully saturated rings. The first-order valence-corrected chi connectivity index (χ1v) is 26.4. The van der Waals surface area contributed by atoms with Gasteiger partial charge in [0.05, 0.1) is 28.0 Å². The van der Waals surface area contributed by atoms with Gasteiger partial charge >= 0.3 is 0 Å². The van der Waals surface area contributed by atoms with E-state index < -0.39 is 0 Å². The predicted octanol–water partition coefficient (Wildman–Crippen LogP) is 19.4. The third-order valence-electron chi connectivity index (χ3n) is 14.7. The Morgan fingerprint density at radius 1 is 0.452 bits per heavy atom. The number of aromatic nitrogens is 3. The summed E-state index contributed by atoms with van der Waals surface area (Å²) in [6.07, 6.45) is 1.92. The normalized spacial score (nSPS) is 12.5. The van der Waals surface area contributed by atoms with Crippen molar-refractivity contribution >= 4 is 11.0 Å². The standard InChI is InChI=1S/C69H75N3O/c1-42(2)49-37-55(43(3)4)63(56(38-49)44(5)6)48-29-30-61(57(36-48)46-25-20-17-21-26-46)72-62-28-22-27-54(64(62)71-66(72)58-40-53(68(10,11)12)41-59(65(58)73)69(13,14)15)50-33-51(35-52(34-50)67(7,8)9)60-39-47(31-32-70-60)45-23-18-16-19-24-45/h16-44,73H,1-15H3. The molecule has 372 valence electrons. The number of benzene rings is 7. The van der Waals surface area contributed by atoms with Crippen LogP contribution in [0.3, 0.4) is 0 Å². The Labute approximate surface area is 436 Å². The summed E-state index contributed by atoms with van der Waals surface area (Å²) >= 11 is 0. The van der Waals surface area contributed by atoms with Crippen LogP contribution in [0.4, 0.5) is 0 Å². The average Bonchev–Trinajstić information content (AvgIpc) is 3.74. The molecule has 0 bridgehead atoms. The SMILES string of the molecule is CC(C)c1cc(C(C)C)c(-c2ccc(-n3c(-c4cc(C(C)(C)C)cc(C(C)(C)C)c4O)nc4c(-c5cc(-c6cc(-c7ccccc7)ccn6)cc(C(C)(C)C)c5)cccc43)c(-c3ccccc3)c2)c(C(C)C)c1. The van der Waals surface area contributed by atoms with E-state index in [4.69, 9.17) is 9.97 Å². The lowest BCUT2D eigenvalue weighted by atomic mass is 9.79. The predicted molar refractivity (Wildman–Crippen MR) is 312 cm³/mol. The Kier molecular flexibility index (Phi) is 13.5. The number of para-hydroxylation sites is 1. The Morgan fingerprint density at radius 2 is 1.05 bits per heavy atom. The first kappa shape index (κ1) is 50.9. The van der Waals surface area contributed by atoms with E-state index in [0.717, 1.165) is 72.5 Å². The van der Waals surface area contributed by atoms with E-state index in [1.165, 1.54) is 33.4 Å². The van der Waals surface area contributed by atoms with E-state index in [-0.39, 0.29) is 22.0 Å². The number of fused-ring (bicyclic) bond motifs is 1. The molecule has 0 radical (unpaired) electrons. The van der Waals surface area contributed by atoms with Crippen LogP contribution in [0.2, 0.25) is 0 Å². The second-order valence-corrected chi connectivity index (χ2v) is 24.3. The number of hydrogen-bond donors (Lipinski definition) is 1. The van der Waals surface area contributed by atoms with E-state index in [1.54, 1.807) is 0 Å². The Hall–Kier alpha value is -7.04. The molecule has 0 spiro atoms. The first-order chi connectivity index (χ1) is 34.5. The van der Waals surface area contributed by atoms with Gasteiger partial charge in [0.1, 0.15) is 11.6 Å². The summed E-state index contributed by atoms with van der Waals surface area (Å²) in [5.41, 5.74) is 21.2. The molecule has 2 aromatic heterocycles. The van der Waals surface area contributed by atoms with Crippen molar-refractivity contribution in [2.45, 2.75) is 138 Å². The largest absolute Gasteiger partial charge is 0.507 e. The van der Waals surface area contributed by atoms with Crippen LogP contribution in [-0.4, -0.2) is 19.6 Å². The molecule has 0 aliphatic carbocycles. The van der Waals surface area contributed by atoms with Gasteiger partial charge in [0, 0.05) is 28.5 Å². The molecular formula is C69H75N3O. The van der Waals surface area contributed by atoms with Gasteiger partial charge in [-0.25, -0.2) is 4.98 Å². The zero-order chi connectivity index (χ0) is 52.3. The minimum atomic E-state index is -0.345. The molecule has 4 heteroatoms. The summed E-state index contributed by atoms with van der Waals surface area (Å²) in [7, 11) is 0. The summed E-state index contributed by atoms with van der Waals surface area (Å²) in [5, 5.41) is 12.8. The van der Waals surface area contributed by atoms with Crippen LogP contribution in [0.25, 0.3) is 83.9 Å². The van der Waals surface area contributed by atoms with E-state index >= 15 is 0 Å². The highest BCUT2D eigenvalue weighted by molar-refractivity contribution is 5.98. The molecule has 0 atom stereocenters. The van der Waals surface area contributed by atoms with Crippen LogP contribution >= 0.6 is 0 Å². The summed E-state index contributed by atoms with van der Waals surface area (Å²) in [4.78, 5) is 10.8. The van der Waals surface area contributed by atoms with Crippen molar-refractivity contribution in [1.82, 2.24) is 14.5 Å². The van der Waals surface area contributed by atoms with E-state index in [9.17, 15) is 5.11 Å². The lowest BCUT2D eigenvalue weighted by Gasteiger charge is -2.28. The maximum absolute atomic E-state index is 12.8. The monoisotopic (exact) mass is 962 g/mol. The number of aromatic hydroxyl groups is 1. The molecule has 0 saturated carbocycles. The molecule has 0 saturated heterocycles. The van der Waals surface area contributed by atoms with Crippen molar-refractivity contribution < 1.29 is 5.11 Å². The molecule has 7 aromatic carbocycles. The van der Waals surface area contributed by atoms with Gasteiger partial charge in [-0.2, -0.15) is 0 Å². The second-order valence-electron chi connectivity index (χ2n) is 24.3. The van der Waals surface area contributed by atoms with Crippen molar-refractivity contribution in [3.8, 4) is 78.6 Å². The Bertz CT molecular complexity index is 3450. The van der Waals surface area contributed by atoms with Crippen molar-refractivity contribution in [3.05, 3.63) is 191 Å². The van der Waals surface area contributed by atoms with E-state index in [1.807, 2.05) is 6.20 Å². The minimum absolute atomic E-state index is 0.158. The van der Waals surface area contributed by atoms with Crippen molar-refractivity contribution in [1.29, 1.82) is 0 Å². The van der Waals surface area contributed by atoms with Gasteiger partial charge in [-0.1, -0.05) is 207 Å². The summed E-state index contributed by atoms with van der Waals surface area (Å²) in [6.45, 7) is 34.0. The Balaban J connectivity index is 1.38. The third-order valence-corrected chi connectivity index (χ3v) is 14.7. The molecule has 4 nitrogen and oxygen atoms in total. The van der Waals surface area contributed by atoms with Gasteiger partial charge in [0.2, 0.25) is 0 Å².